The second-order valence-electron chi connectivity index (χ2n) is 9.02. The summed E-state index contributed by atoms with van der Waals surface area (Å²) in [7, 11) is 0. The van der Waals surface area contributed by atoms with E-state index in [1.807, 2.05) is 22.9 Å². The molecule has 3 heterocycles. The van der Waals surface area contributed by atoms with E-state index in [-0.39, 0.29) is 6.04 Å². The van der Waals surface area contributed by atoms with Gasteiger partial charge < -0.3 is 9.32 Å². The van der Waals surface area contributed by atoms with Gasteiger partial charge in [-0.2, -0.15) is 0 Å². The summed E-state index contributed by atoms with van der Waals surface area (Å²) in [5, 5.41) is 13.9. The van der Waals surface area contributed by atoms with Gasteiger partial charge in [-0.3, -0.25) is 4.90 Å². The summed E-state index contributed by atoms with van der Waals surface area (Å²) < 4.78 is 8.31. The van der Waals surface area contributed by atoms with E-state index in [1.54, 1.807) is 0 Å². The van der Waals surface area contributed by atoms with Crippen LogP contribution in [0.25, 0.3) is 11.0 Å². The van der Waals surface area contributed by atoms with E-state index >= 15 is 0 Å². The monoisotopic (exact) mass is 444 g/mol. The van der Waals surface area contributed by atoms with E-state index in [9.17, 15) is 0 Å². The number of rotatable bonds is 7. The molecule has 5 rings (SSSR count). The maximum atomic E-state index is 6.35. The number of hydrogen-bond acceptors (Lipinski definition) is 6. The molecule has 2 aromatic heterocycles. The summed E-state index contributed by atoms with van der Waals surface area (Å²) >= 11 is 0. The molecule has 0 saturated carbocycles. The van der Waals surface area contributed by atoms with Crippen LogP contribution in [0.3, 0.4) is 0 Å². The zero-order valence-corrected chi connectivity index (χ0v) is 19.7. The fourth-order valence-electron chi connectivity index (χ4n) is 4.76. The van der Waals surface area contributed by atoms with Crippen molar-refractivity contribution in [3.63, 3.8) is 0 Å². The van der Waals surface area contributed by atoms with Gasteiger partial charge in [0.15, 0.2) is 5.82 Å². The average molecular weight is 445 g/mol. The van der Waals surface area contributed by atoms with Crippen LogP contribution in [0, 0.1) is 13.8 Å². The number of aromatic nitrogens is 4. The third-order valence-corrected chi connectivity index (χ3v) is 6.63. The van der Waals surface area contributed by atoms with Crippen molar-refractivity contribution < 1.29 is 4.42 Å². The topological polar surface area (TPSA) is 63.2 Å². The predicted octanol–water partition coefficient (Wildman–Crippen LogP) is 4.75. The number of hydrogen-bond donors (Lipinski definition) is 0. The molecule has 33 heavy (non-hydrogen) atoms. The van der Waals surface area contributed by atoms with Crippen LogP contribution in [0.2, 0.25) is 0 Å². The van der Waals surface area contributed by atoms with Gasteiger partial charge in [0.25, 0.3) is 0 Å². The number of anilines is 1. The molecule has 1 atom stereocenters. The van der Waals surface area contributed by atoms with Gasteiger partial charge in [0, 0.05) is 43.8 Å². The Kier molecular flexibility index (Phi) is 6.13. The minimum atomic E-state index is -0.106. The van der Waals surface area contributed by atoms with Gasteiger partial charge in [-0.25, -0.2) is 4.68 Å². The summed E-state index contributed by atoms with van der Waals surface area (Å²) in [6.07, 6.45) is 2.15. The first-order valence-electron chi connectivity index (χ1n) is 11.9. The molecule has 4 aromatic rings. The van der Waals surface area contributed by atoms with Crippen LogP contribution < -0.4 is 4.90 Å². The SMILES string of the molecule is CCCCn1nnnc1C(c1cc2ccccc2o1)N1CCN(c2cc(C)ccc2C)CC1. The van der Waals surface area contributed by atoms with Crippen molar-refractivity contribution in [2.45, 2.75) is 46.2 Å². The molecule has 0 amide bonds. The van der Waals surface area contributed by atoms with Gasteiger partial charge in [-0.05, 0) is 60.0 Å². The van der Waals surface area contributed by atoms with Crippen LogP contribution in [0.1, 0.15) is 48.5 Å². The number of piperazine rings is 1. The lowest BCUT2D eigenvalue weighted by Crippen LogP contribution is -2.48. The lowest BCUT2D eigenvalue weighted by atomic mass is 10.1. The van der Waals surface area contributed by atoms with Gasteiger partial charge in [-0.15, -0.1) is 5.10 Å². The maximum absolute atomic E-state index is 6.35. The van der Waals surface area contributed by atoms with Crippen molar-refractivity contribution in [3.05, 3.63) is 71.2 Å². The first-order valence-corrected chi connectivity index (χ1v) is 11.9. The Morgan fingerprint density at radius 3 is 2.61 bits per heavy atom. The minimum absolute atomic E-state index is 0.106. The smallest absolute Gasteiger partial charge is 0.176 e. The van der Waals surface area contributed by atoms with Crippen molar-refractivity contribution in [2.75, 3.05) is 31.1 Å². The molecule has 1 unspecified atom stereocenters. The maximum Gasteiger partial charge on any atom is 0.176 e. The molecule has 1 fully saturated rings. The van der Waals surface area contributed by atoms with Gasteiger partial charge in [0.05, 0.1) is 0 Å². The highest BCUT2D eigenvalue weighted by Crippen LogP contribution is 2.33. The Morgan fingerprint density at radius 2 is 1.82 bits per heavy atom. The number of fused-ring (bicyclic) bond motifs is 1. The third kappa shape index (κ3) is 4.37. The highest BCUT2D eigenvalue weighted by Gasteiger charge is 2.33. The first-order chi connectivity index (χ1) is 16.1. The lowest BCUT2D eigenvalue weighted by Gasteiger charge is -2.39. The molecule has 7 heteroatoms. The van der Waals surface area contributed by atoms with Crippen molar-refractivity contribution in [1.82, 2.24) is 25.1 Å². The Labute approximate surface area is 195 Å². The molecular weight excluding hydrogens is 412 g/mol. The van der Waals surface area contributed by atoms with Gasteiger partial charge in [0.2, 0.25) is 0 Å². The Morgan fingerprint density at radius 1 is 1.00 bits per heavy atom. The summed E-state index contributed by atoms with van der Waals surface area (Å²) in [4.78, 5) is 4.96. The summed E-state index contributed by atoms with van der Waals surface area (Å²) in [5.41, 5.74) is 4.86. The molecule has 172 valence electrons. The molecular formula is C26H32N6O. The van der Waals surface area contributed by atoms with Crippen LogP contribution in [0.5, 0.6) is 0 Å². The molecule has 1 aliphatic heterocycles. The molecule has 2 aromatic carbocycles. The standard InChI is InChI=1S/C26H32N6O/c1-4-5-12-32-26(27-28-29-32)25(24-18-21-8-6-7-9-23(21)33-24)31-15-13-30(14-16-31)22-17-19(2)10-11-20(22)3/h6-11,17-18,25H,4-5,12-16H2,1-3H3. The number of tetrazole rings is 1. The predicted molar refractivity (Wildman–Crippen MR) is 130 cm³/mol. The molecule has 0 radical (unpaired) electrons. The molecule has 1 saturated heterocycles. The van der Waals surface area contributed by atoms with Crippen LogP contribution in [0.4, 0.5) is 5.69 Å². The van der Waals surface area contributed by atoms with E-state index in [1.165, 1.54) is 16.8 Å². The van der Waals surface area contributed by atoms with E-state index in [0.717, 1.165) is 68.1 Å². The zero-order valence-electron chi connectivity index (χ0n) is 19.7. The van der Waals surface area contributed by atoms with Crippen molar-refractivity contribution in [3.8, 4) is 0 Å². The van der Waals surface area contributed by atoms with Crippen molar-refractivity contribution in [2.24, 2.45) is 0 Å². The molecule has 0 aliphatic carbocycles. The average Bonchev–Trinajstić information content (AvgIpc) is 3.47. The summed E-state index contributed by atoms with van der Waals surface area (Å²) in [6, 6.07) is 16.9. The van der Waals surface area contributed by atoms with Gasteiger partial charge in [-0.1, -0.05) is 43.7 Å². The normalized spacial score (nSPS) is 15.9. The van der Waals surface area contributed by atoms with E-state index in [4.69, 9.17) is 4.42 Å². The van der Waals surface area contributed by atoms with Crippen molar-refractivity contribution >= 4 is 16.7 Å². The fraction of sp³-hybridized carbons (Fsp3) is 0.423. The van der Waals surface area contributed by atoms with Crippen LogP contribution in [-0.2, 0) is 6.54 Å². The quantitative estimate of drug-likeness (QED) is 0.410. The van der Waals surface area contributed by atoms with Crippen LogP contribution >= 0.6 is 0 Å². The number of para-hydroxylation sites is 1. The van der Waals surface area contributed by atoms with Gasteiger partial charge >= 0.3 is 0 Å². The number of nitrogens with zero attached hydrogens (tertiary/aromatic N) is 6. The lowest BCUT2D eigenvalue weighted by molar-refractivity contribution is 0.182. The number of aryl methyl sites for hydroxylation is 3. The Bertz CT molecular complexity index is 1190. The van der Waals surface area contributed by atoms with Crippen LogP contribution in [-0.4, -0.2) is 51.3 Å². The van der Waals surface area contributed by atoms with E-state index in [0.29, 0.717) is 0 Å². The van der Waals surface area contributed by atoms with E-state index < -0.39 is 0 Å². The zero-order chi connectivity index (χ0) is 22.8. The number of benzene rings is 2. The molecule has 0 spiro atoms. The van der Waals surface area contributed by atoms with Crippen molar-refractivity contribution in [1.29, 1.82) is 0 Å². The summed E-state index contributed by atoms with van der Waals surface area (Å²) in [5.74, 6) is 1.77. The second-order valence-corrected chi connectivity index (χ2v) is 9.02. The Hall–Kier alpha value is -3.19. The fourth-order valence-corrected chi connectivity index (χ4v) is 4.76. The molecule has 0 N–H and O–H groups in total. The number of unbranched alkanes of at least 4 members (excludes halogenated alkanes) is 1. The Balaban J connectivity index is 1.45. The number of furan rings is 1. The molecule has 1 aliphatic rings. The first kappa shape index (κ1) is 21.6. The molecule has 0 bridgehead atoms. The summed E-state index contributed by atoms with van der Waals surface area (Å²) in [6.45, 7) is 11.1. The highest BCUT2D eigenvalue weighted by molar-refractivity contribution is 5.77. The molecule has 7 nitrogen and oxygen atoms in total. The second kappa shape index (κ2) is 9.35. The third-order valence-electron chi connectivity index (χ3n) is 6.63. The largest absolute Gasteiger partial charge is 0.459 e. The highest BCUT2D eigenvalue weighted by atomic mass is 16.3. The van der Waals surface area contributed by atoms with E-state index in [2.05, 4.69) is 76.4 Å². The van der Waals surface area contributed by atoms with Gasteiger partial charge in [0.1, 0.15) is 17.4 Å². The minimum Gasteiger partial charge on any atom is -0.459 e. The van der Waals surface area contributed by atoms with Crippen LogP contribution in [0.15, 0.2) is 52.9 Å².